The van der Waals surface area contributed by atoms with Gasteiger partial charge in [0.1, 0.15) is 22.2 Å². The van der Waals surface area contributed by atoms with E-state index in [0.717, 1.165) is 22.6 Å². The third-order valence-corrected chi connectivity index (χ3v) is 5.12. The van der Waals surface area contributed by atoms with E-state index in [-0.39, 0.29) is 22.6 Å². The van der Waals surface area contributed by atoms with Crippen LogP contribution in [0, 0.1) is 13.8 Å². The number of nitrogens with zero attached hydrogens (tertiary/aromatic N) is 1. The highest BCUT2D eigenvalue weighted by molar-refractivity contribution is 7.13. The molecule has 1 amide bonds. The molecular weight excluding hydrogens is 364 g/mol. The number of hydrogen-bond acceptors (Lipinski definition) is 5. The Morgan fingerprint density at radius 1 is 1.26 bits per heavy atom. The Bertz CT molecular complexity index is 837. The van der Waals surface area contributed by atoms with Crippen molar-refractivity contribution in [1.29, 1.82) is 0 Å². The van der Waals surface area contributed by atoms with Crippen molar-refractivity contribution >= 4 is 23.2 Å². The lowest BCUT2D eigenvalue weighted by molar-refractivity contribution is -0.120. The van der Waals surface area contributed by atoms with Crippen LogP contribution in [0.15, 0.2) is 18.2 Å². The molecule has 1 heterocycles. The summed E-state index contributed by atoms with van der Waals surface area (Å²) in [5.41, 5.74) is 2.72. The maximum atomic E-state index is 12.0. The van der Waals surface area contributed by atoms with E-state index in [1.165, 1.54) is 5.56 Å². The largest absolute Gasteiger partial charge is 0.491 e. The van der Waals surface area contributed by atoms with Crippen molar-refractivity contribution in [3.8, 4) is 5.75 Å². The van der Waals surface area contributed by atoms with Crippen LogP contribution < -0.4 is 10.1 Å². The monoisotopic (exact) mass is 390 g/mol. The van der Waals surface area contributed by atoms with Gasteiger partial charge in [-0.1, -0.05) is 38.5 Å². The second kappa shape index (κ2) is 8.52. The van der Waals surface area contributed by atoms with Gasteiger partial charge in [0.2, 0.25) is 5.91 Å². The molecule has 0 spiro atoms. The summed E-state index contributed by atoms with van der Waals surface area (Å²) >= 11 is 1.04. The number of carbonyl (C=O) groups is 2. The van der Waals surface area contributed by atoms with Gasteiger partial charge in [-0.2, -0.15) is 0 Å². The number of carbonyl (C=O) groups excluding carboxylic acids is 1. The van der Waals surface area contributed by atoms with E-state index >= 15 is 0 Å². The summed E-state index contributed by atoms with van der Waals surface area (Å²) in [6.07, 6.45) is 0.0660. The van der Waals surface area contributed by atoms with E-state index in [4.69, 9.17) is 9.84 Å². The minimum absolute atomic E-state index is 0.0326. The lowest BCUT2D eigenvalue weighted by atomic mass is 9.85. The third kappa shape index (κ3) is 5.79. The molecule has 7 heteroatoms. The van der Waals surface area contributed by atoms with Crippen LogP contribution in [0.25, 0.3) is 0 Å². The number of benzene rings is 1. The number of carboxylic acids is 1. The van der Waals surface area contributed by atoms with Crippen molar-refractivity contribution < 1.29 is 19.4 Å². The number of carboxylic acid groups (broad SMARTS) is 1. The molecule has 1 aromatic carbocycles. The van der Waals surface area contributed by atoms with Gasteiger partial charge >= 0.3 is 5.97 Å². The second-order valence-electron chi connectivity index (χ2n) is 7.45. The fourth-order valence-corrected chi connectivity index (χ4v) is 3.54. The molecule has 0 fully saturated rings. The molecule has 0 saturated heterocycles. The predicted molar refractivity (Wildman–Crippen MR) is 106 cm³/mol. The normalized spacial score (nSPS) is 11.3. The highest BCUT2D eigenvalue weighted by atomic mass is 32.1. The summed E-state index contributed by atoms with van der Waals surface area (Å²) in [5.74, 6) is -0.397. The number of aryl methyl sites for hydroxylation is 2. The molecule has 0 saturated carbocycles. The van der Waals surface area contributed by atoms with Crippen molar-refractivity contribution in [2.24, 2.45) is 0 Å². The molecule has 2 N–H and O–H groups in total. The first-order chi connectivity index (χ1) is 12.6. The number of nitrogens with one attached hydrogen (secondary N) is 1. The Morgan fingerprint density at radius 3 is 2.56 bits per heavy atom. The van der Waals surface area contributed by atoms with Crippen LogP contribution in [0.1, 0.15) is 52.3 Å². The summed E-state index contributed by atoms with van der Waals surface area (Å²) in [6.45, 7) is 10.8. The van der Waals surface area contributed by atoms with Crippen molar-refractivity contribution in [2.45, 2.75) is 46.5 Å². The van der Waals surface area contributed by atoms with Gasteiger partial charge in [-0.05, 0) is 30.9 Å². The second-order valence-corrected chi connectivity index (χ2v) is 8.54. The van der Waals surface area contributed by atoms with Gasteiger partial charge in [-0.3, -0.25) is 4.79 Å². The standard InChI is InChI=1S/C20H26N2O4S/c1-12-6-7-15(14(10-12)20(3,4)5)26-9-8-21-16(23)11-17-22-13(2)18(27-17)19(24)25/h6-7,10H,8-9,11H2,1-5H3,(H,21,23)(H,24,25). The van der Waals surface area contributed by atoms with Gasteiger partial charge in [0.15, 0.2) is 0 Å². The zero-order valence-electron chi connectivity index (χ0n) is 16.4. The maximum Gasteiger partial charge on any atom is 0.347 e. The van der Waals surface area contributed by atoms with Gasteiger partial charge in [0.25, 0.3) is 0 Å². The fraction of sp³-hybridized carbons (Fsp3) is 0.450. The average Bonchev–Trinajstić information content (AvgIpc) is 2.92. The topological polar surface area (TPSA) is 88.5 Å². The van der Waals surface area contributed by atoms with Gasteiger partial charge < -0.3 is 15.2 Å². The number of hydrogen-bond donors (Lipinski definition) is 2. The zero-order chi connectivity index (χ0) is 20.2. The minimum atomic E-state index is -1.02. The van der Waals surface area contributed by atoms with Crippen LogP contribution in [0.5, 0.6) is 5.75 Å². The highest BCUT2D eigenvalue weighted by Crippen LogP contribution is 2.32. The average molecular weight is 391 g/mol. The Labute approximate surface area is 163 Å². The van der Waals surface area contributed by atoms with Crippen LogP contribution in [-0.2, 0) is 16.6 Å². The molecule has 1 aromatic heterocycles. The van der Waals surface area contributed by atoms with Gasteiger partial charge in [0.05, 0.1) is 18.7 Å². The van der Waals surface area contributed by atoms with Crippen molar-refractivity contribution in [2.75, 3.05) is 13.2 Å². The van der Waals surface area contributed by atoms with E-state index < -0.39 is 5.97 Å². The van der Waals surface area contributed by atoms with Crippen LogP contribution >= 0.6 is 11.3 Å². The highest BCUT2D eigenvalue weighted by Gasteiger charge is 2.19. The number of ether oxygens (including phenoxy) is 1. The summed E-state index contributed by atoms with van der Waals surface area (Å²) in [7, 11) is 0. The van der Waals surface area contributed by atoms with Gasteiger partial charge in [-0.15, -0.1) is 11.3 Å². The first kappa shape index (κ1) is 20.9. The zero-order valence-corrected chi connectivity index (χ0v) is 17.2. The SMILES string of the molecule is Cc1ccc(OCCNC(=O)Cc2nc(C)c(C(=O)O)s2)c(C(C)(C)C)c1. The number of aromatic carboxylic acids is 1. The molecule has 6 nitrogen and oxygen atoms in total. The lowest BCUT2D eigenvalue weighted by Gasteiger charge is -2.23. The molecule has 27 heavy (non-hydrogen) atoms. The first-order valence-electron chi connectivity index (χ1n) is 8.78. The van der Waals surface area contributed by atoms with Gasteiger partial charge in [0, 0.05) is 0 Å². The lowest BCUT2D eigenvalue weighted by Crippen LogP contribution is -2.29. The molecule has 146 valence electrons. The Balaban J connectivity index is 1.86. The summed E-state index contributed by atoms with van der Waals surface area (Å²) in [5, 5.41) is 12.3. The summed E-state index contributed by atoms with van der Waals surface area (Å²) in [6, 6.07) is 6.09. The molecular formula is C20H26N2O4S. The number of aromatic nitrogens is 1. The summed E-state index contributed by atoms with van der Waals surface area (Å²) in [4.78, 5) is 27.4. The van der Waals surface area contributed by atoms with Crippen LogP contribution in [-0.4, -0.2) is 35.1 Å². The van der Waals surface area contributed by atoms with Gasteiger partial charge in [-0.25, -0.2) is 9.78 Å². The quantitative estimate of drug-likeness (QED) is 0.707. The van der Waals surface area contributed by atoms with Crippen LogP contribution in [0.4, 0.5) is 0 Å². The predicted octanol–water partition coefficient (Wildman–Crippen LogP) is 3.49. The Morgan fingerprint density at radius 2 is 1.96 bits per heavy atom. The van der Waals surface area contributed by atoms with Crippen molar-refractivity contribution in [3.05, 3.63) is 44.9 Å². The molecule has 0 atom stereocenters. The van der Waals surface area contributed by atoms with E-state index in [1.54, 1.807) is 6.92 Å². The number of thiazole rings is 1. The third-order valence-electron chi connectivity index (χ3n) is 3.97. The van der Waals surface area contributed by atoms with Crippen molar-refractivity contribution in [3.63, 3.8) is 0 Å². The van der Waals surface area contributed by atoms with E-state index in [2.05, 4.69) is 44.1 Å². The molecule has 0 aliphatic rings. The molecule has 0 aliphatic carbocycles. The molecule has 0 radical (unpaired) electrons. The number of rotatable bonds is 7. The fourth-order valence-electron chi connectivity index (χ4n) is 2.63. The van der Waals surface area contributed by atoms with E-state index in [9.17, 15) is 9.59 Å². The number of amides is 1. The molecule has 2 aromatic rings. The van der Waals surface area contributed by atoms with Crippen molar-refractivity contribution in [1.82, 2.24) is 10.3 Å². The maximum absolute atomic E-state index is 12.0. The van der Waals surface area contributed by atoms with Crippen LogP contribution in [0.2, 0.25) is 0 Å². The molecule has 0 unspecified atom stereocenters. The molecule has 0 bridgehead atoms. The molecule has 2 rings (SSSR count). The van der Waals surface area contributed by atoms with E-state index in [0.29, 0.717) is 23.9 Å². The Kier molecular flexibility index (Phi) is 6.59. The minimum Gasteiger partial charge on any atom is -0.491 e. The van der Waals surface area contributed by atoms with E-state index in [1.807, 2.05) is 12.1 Å². The first-order valence-corrected chi connectivity index (χ1v) is 9.60. The molecule has 0 aliphatic heterocycles. The van der Waals surface area contributed by atoms with Crippen LogP contribution in [0.3, 0.4) is 0 Å². The Hall–Kier alpha value is -2.41. The smallest absolute Gasteiger partial charge is 0.347 e. The summed E-state index contributed by atoms with van der Waals surface area (Å²) < 4.78 is 5.87.